The molecule has 0 spiro atoms. The van der Waals surface area contributed by atoms with Crippen molar-refractivity contribution >= 4 is 22.7 Å². The van der Waals surface area contributed by atoms with Gasteiger partial charge in [-0.15, -0.1) is 0 Å². The molecule has 1 N–H and O–H groups in total. The van der Waals surface area contributed by atoms with Crippen LogP contribution >= 0.6 is 0 Å². The van der Waals surface area contributed by atoms with E-state index in [2.05, 4.69) is 10.3 Å². The molecule has 140 valence electrons. The Morgan fingerprint density at radius 3 is 2.61 bits per heavy atom. The van der Waals surface area contributed by atoms with Gasteiger partial charge in [-0.2, -0.15) is 0 Å². The molecule has 0 aliphatic carbocycles. The molecule has 0 unspecified atom stereocenters. The van der Waals surface area contributed by atoms with Crippen LogP contribution in [0, 0.1) is 13.8 Å². The Morgan fingerprint density at radius 1 is 1.00 bits per heavy atom. The summed E-state index contributed by atoms with van der Waals surface area (Å²) in [6, 6.07) is 18.9. The minimum absolute atomic E-state index is 0.224. The number of carbonyl (C=O) groups is 1. The molecule has 4 aromatic rings. The summed E-state index contributed by atoms with van der Waals surface area (Å²) in [5, 5.41) is 2.98. The minimum Gasteiger partial charge on any atom is -0.496 e. The van der Waals surface area contributed by atoms with E-state index in [1.807, 2.05) is 68.4 Å². The molecule has 0 aliphatic heterocycles. The van der Waals surface area contributed by atoms with Crippen LogP contribution in [0.25, 0.3) is 22.6 Å². The first-order valence-electron chi connectivity index (χ1n) is 8.98. The van der Waals surface area contributed by atoms with Crippen molar-refractivity contribution in [2.75, 3.05) is 12.4 Å². The second-order valence-corrected chi connectivity index (χ2v) is 6.63. The molecule has 1 amide bonds. The van der Waals surface area contributed by atoms with Crippen LogP contribution in [-0.4, -0.2) is 18.0 Å². The summed E-state index contributed by atoms with van der Waals surface area (Å²) in [4.78, 5) is 17.4. The van der Waals surface area contributed by atoms with E-state index >= 15 is 0 Å². The fraction of sp³-hybridized carbons (Fsp3) is 0.130. The third kappa shape index (κ3) is 3.22. The molecule has 28 heavy (non-hydrogen) atoms. The lowest BCUT2D eigenvalue weighted by Gasteiger charge is -2.13. The number of nitrogens with one attached hydrogen (secondary N) is 1. The van der Waals surface area contributed by atoms with Crippen molar-refractivity contribution in [2.45, 2.75) is 13.8 Å². The zero-order valence-electron chi connectivity index (χ0n) is 15.9. The number of oxazole rings is 1. The van der Waals surface area contributed by atoms with Gasteiger partial charge in [0, 0.05) is 11.3 Å². The van der Waals surface area contributed by atoms with Crippen LogP contribution in [0.5, 0.6) is 5.75 Å². The lowest BCUT2D eigenvalue weighted by atomic mass is 10.1. The Kier molecular flexibility index (Phi) is 4.57. The predicted octanol–water partition coefficient (Wildman–Crippen LogP) is 5.37. The molecular weight excluding hydrogens is 352 g/mol. The monoisotopic (exact) mass is 372 g/mol. The number of hydrogen-bond acceptors (Lipinski definition) is 4. The van der Waals surface area contributed by atoms with E-state index in [1.54, 1.807) is 13.2 Å². The first kappa shape index (κ1) is 17.8. The van der Waals surface area contributed by atoms with Crippen LogP contribution in [0.4, 0.5) is 5.69 Å². The van der Waals surface area contributed by atoms with E-state index in [4.69, 9.17) is 9.15 Å². The van der Waals surface area contributed by atoms with E-state index < -0.39 is 0 Å². The van der Waals surface area contributed by atoms with Crippen LogP contribution < -0.4 is 10.1 Å². The van der Waals surface area contributed by atoms with Crippen molar-refractivity contribution < 1.29 is 13.9 Å². The highest BCUT2D eigenvalue weighted by atomic mass is 16.5. The zero-order valence-corrected chi connectivity index (χ0v) is 15.9. The third-order valence-corrected chi connectivity index (χ3v) is 4.69. The largest absolute Gasteiger partial charge is 0.496 e. The number of benzene rings is 3. The first-order chi connectivity index (χ1) is 13.6. The summed E-state index contributed by atoms with van der Waals surface area (Å²) in [6.07, 6.45) is 0. The van der Waals surface area contributed by atoms with E-state index in [-0.39, 0.29) is 5.91 Å². The minimum atomic E-state index is -0.224. The fourth-order valence-electron chi connectivity index (χ4n) is 3.18. The van der Waals surface area contributed by atoms with Gasteiger partial charge in [-0.3, -0.25) is 4.79 Å². The SMILES string of the molecule is COc1c(C)cccc1C(=O)Nc1cc(-c2nc3ccccc3o2)ccc1C. The Hall–Kier alpha value is -3.60. The molecule has 0 atom stereocenters. The average Bonchev–Trinajstić information content (AvgIpc) is 3.13. The first-order valence-corrected chi connectivity index (χ1v) is 8.98. The molecule has 5 heteroatoms. The smallest absolute Gasteiger partial charge is 0.259 e. The highest BCUT2D eigenvalue weighted by Gasteiger charge is 2.16. The highest BCUT2D eigenvalue weighted by Crippen LogP contribution is 2.29. The van der Waals surface area contributed by atoms with E-state index in [1.165, 1.54) is 0 Å². The number of anilines is 1. The van der Waals surface area contributed by atoms with Crippen molar-refractivity contribution in [3.63, 3.8) is 0 Å². The van der Waals surface area contributed by atoms with Gasteiger partial charge in [-0.05, 0) is 55.3 Å². The molecule has 5 nitrogen and oxygen atoms in total. The van der Waals surface area contributed by atoms with E-state index in [0.29, 0.717) is 22.9 Å². The molecule has 0 fully saturated rings. The maximum atomic E-state index is 12.9. The Morgan fingerprint density at radius 2 is 1.82 bits per heavy atom. The number of carbonyl (C=O) groups excluding carboxylic acids is 1. The number of hydrogen-bond donors (Lipinski definition) is 1. The van der Waals surface area contributed by atoms with Gasteiger partial charge in [0.2, 0.25) is 5.89 Å². The second kappa shape index (κ2) is 7.19. The summed E-state index contributed by atoms with van der Waals surface area (Å²) in [5.74, 6) is 0.871. The van der Waals surface area contributed by atoms with Gasteiger partial charge in [0.25, 0.3) is 5.91 Å². The van der Waals surface area contributed by atoms with Crippen LogP contribution in [0.3, 0.4) is 0 Å². The molecule has 0 bridgehead atoms. The Balaban J connectivity index is 1.68. The van der Waals surface area contributed by atoms with Crippen molar-refractivity contribution in [3.8, 4) is 17.2 Å². The van der Waals surface area contributed by atoms with E-state index in [0.717, 1.165) is 27.8 Å². The molecule has 1 aromatic heterocycles. The Bertz CT molecular complexity index is 1140. The maximum absolute atomic E-state index is 12.9. The van der Waals surface area contributed by atoms with Gasteiger partial charge in [-0.1, -0.05) is 30.3 Å². The van der Waals surface area contributed by atoms with Crippen LogP contribution in [0.1, 0.15) is 21.5 Å². The normalized spacial score (nSPS) is 10.8. The number of rotatable bonds is 4. The van der Waals surface area contributed by atoms with Gasteiger partial charge in [0.1, 0.15) is 11.3 Å². The molecule has 0 radical (unpaired) electrons. The predicted molar refractivity (Wildman–Crippen MR) is 110 cm³/mol. The number of fused-ring (bicyclic) bond motifs is 1. The summed E-state index contributed by atoms with van der Waals surface area (Å²) in [5.41, 5.74) is 5.38. The number of para-hydroxylation sites is 3. The number of nitrogens with zero attached hydrogens (tertiary/aromatic N) is 1. The second-order valence-electron chi connectivity index (χ2n) is 6.63. The number of aryl methyl sites for hydroxylation is 2. The lowest BCUT2D eigenvalue weighted by Crippen LogP contribution is -2.14. The van der Waals surface area contributed by atoms with Crippen molar-refractivity contribution in [1.82, 2.24) is 4.98 Å². The summed E-state index contributed by atoms with van der Waals surface area (Å²) >= 11 is 0. The number of aromatic nitrogens is 1. The van der Waals surface area contributed by atoms with Crippen molar-refractivity contribution in [3.05, 3.63) is 77.4 Å². The van der Waals surface area contributed by atoms with Gasteiger partial charge in [0.05, 0.1) is 12.7 Å². The molecule has 3 aromatic carbocycles. The fourth-order valence-corrected chi connectivity index (χ4v) is 3.18. The summed E-state index contributed by atoms with van der Waals surface area (Å²) < 4.78 is 11.3. The van der Waals surface area contributed by atoms with Gasteiger partial charge < -0.3 is 14.5 Å². The van der Waals surface area contributed by atoms with Gasteiger partial charge in [0.15, 0.2) is 5.58 Å². The quantitative estimate of drug-likeness (QED) is 0.523. The summed E-state index contributed by atoms with van der Waals surface area (Å²) in [7, 11) is 1.57. The zero-order chi connectivity index (χ0) is 19.7. The number of amides is 1. The summed E-state index contributed by atoms with van der Waals surface area (Å²) in [6.45, 7) is 3.85. The topological polar surface area (TPSA) is 64.4 Å². The van der Waals surface area contributed by atoms with E-state index in [9.17, 15) is 4.79 Å². The maximum Gasteiger partial charge on any atom is 0.259 e. The molecule has 4 rings (SSSR count). The number of ether oxygens (including phenoxy) is 1. The van der Waals surface area contributed by atoms with Crippen LogP contribution in [0.2, 0.25) is 0 Å². The Labute approximate surface area is 163 Å². The molecule has 0 aliphatic rings. The third-order valence-electron chi connectivity index (χ3n) is 4.69. The average molecular weight is 372 g/mol. The van der Waals surface area contributed by atoms with Crippen LogP contribution in [0.15, 0.2) is 65.1 Å². The molecule has 0 saturated heterocycles. The molecular formula is C23H20N2O3. The lowest BCUT2D eigenvalue weighted by molar-refractivity contribution is 0.102. The van der Waals surface area contributed by atoms with Crippen molar-refractivity contribution in [2.24, 2.45) is 0 Å². The molecule has 0 saturated carbocycles. The van der Waals surface area contributed by atoms with Crippen molar-refractivity contribution in [1.29, 1.82) is 0 Å². The van der Waals surface area contributed by atoms with Gasteiger partial charge in [-0.25, -0.2) is 4.98 Å². The molecule has 1 heterocycles. The van der Waals surface area contributed by atoms with Gasteiger partial charge >= 0.3 is 0 Å². The number of methoxy groups -OCH3 is 1. The highest BCUT2D eigenvalue weighted by molar-refractivity contribution is 6.07. The standard InChI is InChI=1S/C23H20N2O3/c1-14-11-12-16(23-25-18-9-4-5-10-20(18)28-23)13-19(14)24-22(26)17-8-6-7-15(2)21(17)27-3/h4-13H,1-3H3,(H,24,26). The van der Waals surface area contributed by atoms with Crippen LogP contribution in [-0.2, 0) is 0 Å².